The smallest absolute Gasteiger partial charge is 0.0693 e. The fraction of sp³-hybridized carbons (Fsp3) is 1.00. The minimum atomic E-state index is -0.463. The fourth-order valence-corrected chi connectivity index (χ4v) is 2.04. The second-order valence-electron chi connectivity index (χ2n) is 5.59. The van der Waals surface area contributed by atoms with E-state index in [0.717, 1.165) is 18.8 Å². The molecule has 0 atom stereocenters. The molecule has 0 bridgehead atoms. The molecular formula is C13H28O. The van der Waals surface area contributed by atoms with E-state index in [1.165, 1.54) is 6.42 Å². The van der Waals surface area contributed by atoms with Gasteiger partial charge >= 0.3 is 0 Å². The Morgan fingerprint density at radius 3 is 1.64 bits per heavy atom. The van der Waals surface area contributed by atoms with Crippen molar-refractivity contribution in [3.05, 3.63) is 0 Å². The lowest BCUT2D eigenvalue weighted by molar-refractivity contribution is -0.0559. The highest BCUT2D eigenvalue weighted by molar-refractivity contribution is 4.84. The third-order valence-corrected chi connectivity index (χ3v) is 3.36. The van der Waals surface area contributed by atoms with E-state index >= 15 is 0 Å². The summed E-state index contributed by atoms with van der Waals surface area (Å²) in [6.07, 6.45) is 3.31. The van der Waals surface area contributed by atoms with Crippen molar-refractivity contribution in [2.75, 3.05) is 0 Å². The van der Waals surface area contributed by atoms with Crippen LogP contribution in [-0.4, -0.2) is 10.7 Å². The van der Waals surface area contributed by atoms with Crippen LogP contribution in [0.2, 0.25) is 0 Å². The zero-order valence-electron chi connectivity index (χ0n) is 10.8. The summed E-state index contributed by atoms with van der Waals surface area (Å²) in [4.78, 5) is 0. The molecule has 0 unspecified atom stereocenters. The van der Waals surface area contributed by atoms with E-state index in [1.807, 2.05) is 0 Å². The van der Waals surface area contributed by atoms with E-state index in [4.69, 9.17) is 0 Å². The molecule has 14 heavy (non-hydrogen) atoms. The van der Waals surface area contributed by atoms with Gasteiger partial charge < -0.3 is 5.11 Å². The van der Waals surface area contributed by atoms with Crippen LogP contribution >= 0.6 is 0 Å². The van der Waals surface area contributed by atoms with Gasteiger partial charge in [-0.3, -0.25) is 0 Å². The first-order valence-electron chi connectivity index (χ1n) is 6.03. The van der Waals surface area contributed by atoms with Gasteiger partial charge in [0.15, 0.2) is 0 Å². The highest BCUT2D eigenvalue weighted by Gasteiger charge is 2.33. The van der Waals surface area contributed by atoms with E-state index in [1.54, 1.807) is 0 Å². The molecule has 0 spiro atoms. The number of hydrogen-bond donors (Lipinski definition) is 1. The van der Waals surface area contributed by atoms with Crippen LogP contribution in [0.3, 0.4) is 0 Å². The van der Waals surface area contributed by atoms with Crippen LogP contribution in [0.1, 0.15) is 60.8 Å². The zero-order valence-corrected chi connectivity index (χ0v) is 10.8. The van der Waals surface area contributed by atoms with Crippen molar-refractivity contribution in [3.63, 3.8) is 0 Å². The van der Waals surface area contributed by atoms with Gasteiger partial charge in [0.05, 0.1) is 5.60 Å². The van der Waals surface area contributed by atoms with Crippen molar-refractivity contribution in [2.45, 2.75) is 66.4 Å². The number of aliphatic hydroxyl groups is 1. The maximum Gasteiger partial charge on any atom is 0.0693 e. The average Bonchev–Trinajstić information content (AvgIpc) is 2.02. The summed E-state index contributed by atoms with van der Waals surface area (Å²) < 4.78 is 0. The Bertz CT molecular complexity index is 139. The molecule has 0 radical (unpaired) electrons. The molecule has 0 heterocycles. The minimum Gasteiger partial charge on any atom is -0.389 e. The monoisotopic (exact) mass is 200 g/mol. The summed E-state index contributed by atoms with van der Waals surface area (Å²) in [5.41, 5.74) is -0.463. The Morgan fingerprint density at radius 1 is 0.929 bits per heavy atom. The van der Waals surface area contributed by atoms with Crippen LogP contribution in [0.4, 0.5) is 0 Å². The van der Waals surface area contributed by atoms with E-state index < -0.39 is 5.60 Å². The standard InChI is InChI=1S/C13H28O/c1-10(2)8-7-9-13(14,11(3)4)12(5)6/h10-12,14H,7-9H2,1-6H3. The molecule has 0 fully saturated rings. The van der Waals surface area contributed by atoms with Crippen LogP contribution in [0.15, 0.2) is 0 Å². The Balaban J connectivity index is 4.11. The second kappa shape index (κ2) is 5.75. The molecular weight excluding hydrogens is 172 g/mol. The largest absolute Gasteiger partial charge is 0.389 e. The normalized spacial score (nSPS) is 13.3. The fourth-order valence-electron chi connectivity index (χ4n) is 2.04. The van der Waals surface area contributed by atoms with Gasteiger partial charge in [0.2, 0.25) is 0 Å². The van der Waals surface area contributed by atoms with Crippen molar-refractivity contribution in [1.82, 2.24) is 0 Å². The lowest BCUT2D eigenvalue weighted by Crippen LogP contribution is -2.40. The maximum atomic E-state index is 10.5. The first-order valence-corrected chi connectivity index (χ1v) is 6.03. The van der Waals surface area contributed by atoms with Gasteiger partial charge in [0, 0.05) is 0 Å². The molecule has 1 heteroatoms. The third kappa shape index (κ3) is 4.00. The first-order chi connectivity index (χ1) is 6.30. The highest BCUT2D eigenvalue weighted by Crippen LogP contribution is 2.31. The highest BCUT2D eigenvalue weighted by atomic mass is 16.3. The van der Waals surface area contributed by atoms with Crippen LogP contribution < -0.4 is 0 Å². The molecule has 0 amide bonds. The van der Waals surface area contributed by atoms with E-state index in [9.17, 15) is 5.11 Å². The molecule has 0 aromatic heterocycles. The van der Waals surface area contributed by atoms with Crippen LogP contribution in [0.25, 0.3) is 0 Å². The molecule has 86 valence electrons. The molecule has 0 aliphatic carbocycles. The Hall–Kier alpha value is -0.0400. The molecule has 0 saturated heterocycles. The summed E-state index contributed by atoms with van der Waals surface area (Å²) in [7, 11) is 0. The van der Waals surface area contributed by atoms with Gasteiger partial charge in [0.1, 0.15) is 0 Å². The summed E-state index contributed by atoms with van der Waals surface area (Å²) in [5.74, 6) is 1.46. The topological polar surface area (TPSA) is 20.2 Å². The SMILES string of the molecule is CC(C)CCCC(O)(C(C)C)C(C)C. The third-order valence-electron chi connectivity index (χ3n) is 3.36. The van der Waals surface area contributed by atoms with Gasteiger partial charge in [0.25, 0.3) is 0 Å². The van der Waals surface area contributed by atoms with Gasteiger partial charge in [-0.25, -0.2) is 0 Å². The Labute approximate surface area is 89.9 Å². The van der Waals surface area contributed by atoms with Crippen molar-refractivity contribution >= 4 is 0 Å². The van der Waals surface area contributed by atoms with Crippen molar-refractivity contribution < 1.29 is 5.11 Å². The van der Waals surface area contributed by atoms with Crippen LogP contribution in [-0.2, 0) is 0 Å². The van der Waals surface area contributed by atoms with E-state index in [0.29, 0.717) is 11.8 Å². The predicted octanol–water partition coefficient (Wildman–Crippen LogP) is 3.86. The summed E-state index contributed by atoms with van der Waals surface area (Å²) in [5, 5.41) is 10.5. The Morgan fingerprint density at radius 2 is 1.36 bits per heavy atom. The first kappa shape index (κ1) is 14.0. The zero-order chi connectivity index (χ0) is 11.4. The Kier molecular flexibility index (Phi) is 5.73. The van der Waals surface area contributed by atoms with E-state index in [-0.39, 0.29) is 0 Å². The summed E-state index contributed by atoms with van der Waals surface area (Å²) >= 11 is 0. The van der Waals surface area contributed by atoms with Gasteiger partial charge in [-0.2, -0.15) is 0 Å². The number of rotatable bonds is 6. The molecule has 1 N–H and O–H groups in total. The maximum absolute atomic E-state index is 10.5. The minimum absolute atomic E-state index is 0.356. The van der Waals surface area contributed by atoms with Crippen LogP contribution in [0.5, 0.6) is 0 Å². The predicted molar refractivity (Wildman–Crippen MR) is 63.3 cm³/mol. The molecule has 1 nitrogen and oxygen atoms in total. The van der Waals surface area contributed by atoms with Gasteiger partial charge in [-0.05, 0) is 24.2 Å². The molecule has 0 saturated carbocycles. The average molecular weight is 200 g/mol. The molecule has 0 aliphatic rings. The lowest BCUT2D eigenvalue weighted by Gasteiger charge is -2.36. The number of hydrogen-bond acceptors (Lipinski definition) is 1. The lowest BCUT2D eigenvalue weighted by atomic mass is 9.76. The molecule has 0 rings (SSSR count). The van der Waals surface area contributed by atoms with E-state index in [2.05, 4.69) is 41.5 Å². The molecule has 0 aliphatic heterocycles. The van der Waals surface area contributed by atoms with Gasteiger partial charge in [-0.15, -0.1) is 0 Å². The van der Waals surface area contributed by atoms with Crippen molar-refractivity contribution in [2.24, 2.45) is 17.8 Å². The summed E-state index contributed by atoms with van der Waals surface area (Å²) in [6.45, 7) is 13.0. The second-order valence-corrected chi connectivity index (χ2v) is 5.59. The van der Waals surface area contributed by atoms with Crippen molar-refractivity contribution in [1.29, 1.82) is 0 Å². The quantitative estimate of drug-likeness (QED) is 0.690. The molecule has 0 aromatic rings. The molecule has 0 aromatic carbocycles. The van der Waals surface area contributed by atoms with Gasteiger partial charge in [-0.1, -0.05) is 54.4 Å². The van der Waals surface area contributed by atoms with Crippen LogP contribution in [0, 0.1) is 17.8 Å². The van der Waals surface area contributed by atoms with Crippen molar-refractivity contribution in [3.8, 4) is 0 Å². The summed E-state index contributed by atoms with van der Waals surface area (Å²) in [6, 6.07) is 0.